The molecular weight excluding hydrogens is 303 g/mol. The molecule has 3 rings (SSSR count). The van der Waals surface area contributed by atoms with Gasteiger partial charge in [-0.25, -0.2) is 9.50 Å². The maximum atomic E-state index is 12.6. The van der Waals surface area contributed by atoms with Crippen molar-refractivity contribution in [3.05, 3.63) is 53.1 Å². The molecule has 0 atom stereocenters. The van der Waals surface area contributed by atoms with Crippen molar-refractivity contribution in [2.24, 2.45) is 0 Å². The van der Waals surface area contributed by atoms with Crippen LogP contribution in [0.2, 0.25) is 0 Å². The first kappa shape index (κ1) is 13.7. The number of rotatable bonds is 2. The smallest absolute Gasteiger partial charge is 0.296 e. The summed E-state index contributed by atoms with van der Waals surface area (Å²) in [5, 5.41) is 2.70. The van der Waals surface area contributed by atoms with E-state index in [4.69, 9.17) is 0 Å². The quantitative estimate of drug-likeness (QED) is 0.739. The van der Waals surface area contributed by atoms with Gasteiger partial charge in [-0.05, 0) is 17.8 Å². The molecule has 3 aromatic rings. The number of H-pyrrole nitrogens is 1. The number of alkyl halides is 3. The number of nitrogens with zero attached hydrogens (tertiary/aromatic N) is 2. The van der Waals surface area contributed by atoms with Crippen LogP contribution in [-0.4, -0.2) is 20.1 Å². The van der Waals surface area contributed by atoms with Gasteiger partial charge in [-0.15, -0.1) is 0 Å². The molecule has 0 saturated heterocycles. The number of hydrogen-bond donors (Lipinski definition) is 1. The van der Waals surface area contributed by atoms with E-state index >= 15 is 0 Å². The third-order valence-corrected chi connectivity index (χ3v) is 3.64. The third kappa shape index (κ3) is 2.66. The van der Waals surface area contributed by atoms with E-state index in [2.05, 4.69) is 10.1 Å². The van der Waals surface area contributed by atoms with Crippen molar-refractivity contribution in [2.75, 3.05) is 0 Å². The lowest BCUT2D eigenvalue weighted by atomic mass is 10.1. The number of benzene rings is 1. The second-order valence-corrected chi connectivity index (χ2v) is 5.28. The van der Waals surface area contributed by atoms with Gasteiger partial charge in [0.15, 0.2) is 5.65 Å². The Labute approximate surface area is 120 Å². The Bertz CT molecular complexity index is 853. The van der Waals surface area contributed by atoms with E-state index in [0.29, 0.717) is 11.1 Å². The zero-order valence-electron chi connectivity index (χ0n) is 10.4. The van der Waals surface area contributed by atoms with Gasteiger partial charge in [0.05, 0.1) is 0 Å². The number of aromatic amines is 1. The van der Waals surface area contributed by atoms with Gasteiger partial charge in [-0.3, -0.25) is 9.89 Å². The van der Waals surface area contributed by atoms with E-state index in [9.17, 15) is 18.0 Å². The van der Waals surface area contributed by atoms with Gasteiger partial charge in [0.1, 0.15) is 0 Å². The molecule has 0 fully saturated rings. The normalized spacial score (nSPS) is 12.0. The predicted molar refractivity (Wildman–Crippen MR) is 73.2 cm³/mol. The molecule has 0 amide bonds. The van der Waals surface area contributed by atoms with Gasteiger partial charge in [0.2, 0.25) is 0 Å². The molecule has 4 nitrogen and oxygen atoms in total. The molecule has 0 saturated carbocycles. The molecule has 0 spiro atoms. The minimum Gasteiger partial charge on any atom is -0.296 e. The van der Waals surface area contributed by atoms with Crippen LogP contribution in [0, 0.1) is 0 Å². The van der Waals surface area contributed by atoms with Crippen molar-refractivity contribution in [2.45, 2.75) is 10.4 Å². The third-order valence-electron chi connectivity index (χ3n) is 2.83. The maximum Gasteiger partial charge on any atom is 0.446 e. The molecule has 108 valence electrons. The summed E-state index contributed by atoms with van der Waals surface area (Å²) in [5.41, 5.74) is -3.60. The first-order chi connectivity index (χ1) is 9.96. The van der Waals surface area contributed by atoms with Crippen LogP contribution in [0.15, 0.2) is 52.4 Å². The van der Waals surface area contributed by atoms with Crippen LogP contribution >= 0.6 is 11.8 Å². The summed E-state index contributed by atoms with van der Waals surface area (Å²) in [7, 11) is 0. The van der Waals surface area contributed by atoms with Gasteiger partial charge in [-0.2, -0.15) is 13.2 Å². The van der Waals surface area contributed by atoms with Crippen molar-refractivity contribution < 1.29 is 13.2 Å². The topological polar surface area (TPSA) is 50.2 Å². The fourth-order valence-electron chi connectivity index (χ4n) is 2.02. The highest BCUT2D eigenvalue weighted by Crippen LogP contribution is 2.42. The average Bonchev–Trinajstić information content (AvgIpc) is 2.83. The predicted octanol–water partition coefficient (Wildman–Crippen LogP) is 3.30. The Morgan fingerprint density at radius 1 is 1.14 bits per heavy atom. The van der Waals surface area contributed by atoms with Crippen LogP contribution in [0.4, 0.5) is 13.2 Å². The summed E-state index contributed by atoms with van der Waals surface area (Å²) in [6.45, 7) is 0. The molecule has 0 aliphatic heterocycles. The van der Waals surface area contributed by atoms with Crippen LogP contribution in [0.3, 0.4) is 0 Å². The lowest BCUT2D eigenvalue weighted by Crippen LogP contribution is -2.12. The van der Waals surface area contributed by atoms with Gasteiger partial charge in [0, 0.05) is 34.5 Å². The highest BCUT2D eigenvalue weighted by Gasteiger charge is 2.30. The fraction of sp³-hybridized carbons (Fsp3) is 0.0769. The SMILES string of the molecule is O=c1ccnc2c(-c3ccccc3SC(F)(F)F)c[nH]n12. The second kappa shape index (κ2) is 4.96. The summed E-state index contributed by atoms with van der Waals surface area (Å²) in [6, 6.07) is 7.39. The van der Waals surface area contributed by atoms with Crippen molar-refractivity contribution in [1.29, 1.82) is 0 Å². The lowest BCUT2D eigenvalue weighted by Gasteiger charge is -2.09. The van der Waals surface area contributed by atoms with E-state index in [1.807, 2.05) is 0 Å². The number of nitrogens with one attached hydrogen (secondary N) is 1. The molecule has 1 aromatic carbocycles. The van der Waals surface area contributed by atoms with E-state index < -0.39 is 5.51 Å². The van der Waals surface area contributed by atoms with Crippen molar-refractivity contribution in [1.82, 2.24) is 14.6 Å². The number of aromatic nitrogens is 3. The van der Waals surface area contributed by atoms with E-state index in [0.717, 1.165) is 0 Å². The summed E-state index contributed by atoms with van der Waals surface area (Å²) < 4.78 is 39.1. The molecule has 0 aliphatic rings. The van der Waals surface area contributed by atoms with Crippen molar-refractivity contribution >= 4 is 17.4 Å². The Morgan fingerprint density at radius 2 is 1.90 bits per heavy atom. The zero-order valence-corrected chi connectivity index (χ0v) is 11.2. The number of halogens is 3. The highest BCUT2D eigenvalue weighted by molar-refractivity contribution is 8.00. The van der Waals surface area contributed by atoms with Crippen LogP contribution < -0.4 is 5.56 Å². The minimum atomic E-state index is -4.38. The Kier molecular flexibility index (Phi) is 3.25. The molecule has 0 bridgehead atoms. The van der Waals surface area contributed by atoms with E-state index in [1.54, 1.807) is 12.1 Å². The Hall–Kier alpha value is -2.22. The van der Waals surface area contributed by atoms with Crippen LogP contribution in [0.5, 0.6) is 0 Å². The molecule has 0 unspecified atom stereocenters. The molecule has 2 heterocycles. The monoisotopic (exact) mass is 311 g/mol. The number of fused-ring (bicyclic) bond motifs is 1. The molecule has 0 aliphatic carbocycles. The summed E-state index contributed by atoms with van der Waals surface area (Å²) in [6.07, 6.45) is 2.80. The van der Waals surface area contributed by atoms with E-state index in [1.165, 1.54) is 35.1 Å². The first-order valence-corrected chi connectivity index (χ1v) is 6.68. The first-order valence-electron chi connectivity index (χ1n) is 5.86. The molecular formula is C13H8F3N3OS. The summed E-state index contributed by atoms with van der Waals surface area (Å²) in [5.74, 6) is 0. The number of hydrogen-bond acceptors (Lipinski definition) is 3. The summed E-state index contributed by atoms with van der Waals surface area (Å²) >= 11 is -0.191. The zero-order chi connectivity index (χ0) is 15.0. The standard InChI is InChI=1S/C13H8F3N3OS/c14-13(15,16)21-10-4-2-1-3-8(10)9-7-18-19-11(20)5-6-17-12(9)19/h1-7,18H. The van der Waals surface area contributed by atoms with Crippen LogP contribution in [0.1, 0.15) is 0 Å². The molecule has 2 aromatic heterocycles. The van der Waals surface area contributed by atoms with Crippen molar-refractivity contribution in [3.63, 3.8) is 0 Å². The van der Waals surface area contributed by atoms with E-state index in [-0.39, 0.29) is 27.9 Å². The van der Waals surface area contributed by atoms with Gasteiger partial charge >= 0.3 is 5.51 Å². The van der Waals surface area contributed by atoms with Crippen LogP contribution in [0.25, 0.3) is 16.8 Å². The fourth-order valence-corrected chi connectivity index (χ4v) is 2.70. The molecule has 1 N–H and O–H groups in total. The molecule has 0 radical (unpaired) electrons. The molecule has 21 heavy (non-hydrogen) atoms. The summed E-state index contributed by atoms with van der Waals surface area (Å²) in [4.78, 5) is 15.8. The van der Waals surface area contributed by atoms with Crippen molar-refractivity contribution in [3.8, 4) is 11.1 Å². The molecule has 8 heteroatoms. The Morgan fingerprint density at radius 3 is 2.67 bits per heavy atom. The van der Waals surface area contributed by atoms with Gasteiger partial charge in [-0.1, -0.05) is 18.2 Å². The van der Waals surface area contributed by atoms with Gasteiger partial charge < -0.3 is 0 Å². The highest BCUT2D eigenvalue weighted by atomic mass is 32.2. The average molecular weight is 311 g/mol. The largest absolute Gasteiger partial charge is 0.446 e. The maximum absolute atomic E-state index is 12.6. The Balaban J connectivity index is 2.20. The minimum absolute atomic E-state index is 0.0598. The lowest BCUT2D eigenvalue weighted by molar-refractivity contribution is -0.0327. The second-order valence-electron chi connectivity index (χ2n) is 4.17. The number of thioether (sulfide) groups is 1. The van der Waals surface area contributed by atoms with Crippen LogP contribution in [-0.2, 0) is 0 Å². The van der Waals surface area contributed by atoms with Gasteiger partial charge in [0.25, 0.3) is 5.56 Å².